The first-order valence-corrected chi connectivity index (χ1v) is 7.91. The Morgan fingerprint density at radius 2 is 1.60 bits per heavy atom. The van der Waals surface area contributed by atoms with Gasteiger partial charge in [-0.05, 0) is 31.2 Å². The molecule has 1 aromatic heterocycles. The zero-order chi connectivity index (χ0) is 17.6. The summed E-state index contributed by atoms with van der Waals surface area (Å²) in [6.07, 6.45) is 0. The van der Waals surface area contributed by atoms with Crippen LogP contribution in [0.25, 0.3) is 0 Å². The molecule has 0 atom stereocenters. The van der Waals surface area contributed by atoms with Crippen molar-refractivity contribution in [3.63, 3.8) is 0 Å². The summed E-state index contributed by atoms with van der Waals surface area (Å²) >= 11 is 0. The molecule has 0 radical (unpaired) electrons. The van der Waals surface area contributed by atoms with Gasteiger partial charge in [0.2, 0.25) is 5.95 Å². The maximum Gasteiger partial charge on any atom is 0.258 e. The van der Waals surface area contributed by atoms with Crippen molar-refractivity contribution < 1.29 is 4.79 Å². The number of hydrogen-bond acceptors (Lipinski definition) is 5. The maximum atomic E-state index is 12.4. The van der Waals surface area contributed by atoms with Crippen molar-refractivity contribution >= 4 is 29.2 Å². The van der Waals surface area contributed by atoms with Gasteiger partial charge in [-0.15, -0.1) is 0 Å². The molecule has 0 saturated heterocycles. The number of hydrogen-bond donors (Lipinski definition) is 3. The number of nitrogens with zero attached hydrogens (tertiary/aromatic N) is 2. The quantitative estimate of drug-likeness (QED) is 0.661. The molecule has 126 valence electrons. The summed E-state index contributed by atoms with van der Waals surface area (Å²) < 4.78 is 0. The Morgan fingerprint density at radius 1 is 0.920 bits per heavy atom. The summed E-state index contributed by atoms with van der Waals surface area (Å²) in [6, 6.07) is 18.8. The summed E-state index contributed by atoms with van der Waals surface area (Å²) in [4.78, 5) is 21.0. The van der Waals surface area contributed by atoms with Gasteiger partial charge >= 0.3 is 0 Å². The molecule has 1 heterocycles. The van der Waals surface area contributed by atoms with E-state index in [4.69, 9.17) is 0 Å². The fourth-order valence-electron chi connectivity index (χ4n) is 2.24. The molecule has 6 heteroatoms. The Bertz CT molecular complexity index is 863. The molecule has 0 spiro atoms. The molecular formula is C19H19N5O. The molecule has 0 unspecified atom stereocenters. The second kappa shape index (κ2) is 7.44. The van der Waals surface area contributed by atoms with Crippen molar-refractivity contribution in [3.8, 4) is 0 Å². The number of nitrogens with one attached hydrogen (secondary N) is 3. The number of para-hydroxylation sites is 1. The molecule has 0 saturated carbocycles. The number of anilines is 4. The maximum absolute atomic E-state index is 12.4. The molecule has 3 N–H and O–H groups in total. The molecule has 0 aliphatic rings. The van der Waals surface area contributed by atoms with E-state index >= 15 is 0 Å². The molecule has 3 aromatic rings. The van der Waals surface area contributed by atoms with Crippen LogP contribution < -0.4 is 16.0 Å². The van der Waals surface area contributed by atoms with Crippen LogP contribution in [0.1, 0.15) is 15.9 Å². The van der Waals surface area contributed by atoms with Crippen LogP contribution in [0, 0.1) is 6.92 Å². The monoisotopic (exact) mass is 333 g/mol. The van der Waals surface area contributed by atoms with Crippen LogP contribution in [-0.2, 0) is 0 Å². The molecule has 0 aliphatic heterocycles. The highest BCUT2D eigenvalue weighted by Gasteiger charge is 2.10. The highest BCUT2D eigenvalue weighted by atomic mass is 16.1. The van der Waals surface area contributed by atoms with Gasteiger partial charge in [-0.1, -0.05) is 35.9 Å². The number of rotatable bonds is 5. The standard InChI is InChI=1S/C19H19N5O/c1-13-8-10-14(11-9-13)18(25)24-19-22-16(20-2)12-17(23-19)21-15-6-4-3-5-7-15/h3-12H,1-2H3,(H3,20,21,22,23,24,25). The fourth-order valence-corrected chi connectivity index (χ4v) is 2.24. The lowest BCUT2D eigenvalue weighted by atomic mass is 10.1. The van der Waals surface area contributed by atoms with Crippen molar-refractivity contribution in [2.24, 2.45) is 0 Å². The van der Waals surface area contributed by atoms with Gasteiger partial charge in [-0.2, -0.15) is 9.97 Å². The lowest BCUT2D eigenvalue weighted by molar-refractivity contribution is 0.102. The first kappa shape index (κ1) is 16.4. The molecule has 25 heavy (non-hydrogen) atoms. The number of aromatic nitrogens is 2. The lowest BCUT2D eigenvalue weighted by Crippen LogP contribution is -2.15. The van der Waals surface area contributed by atoms with Crippen molar-refractivity contribution in [2.45, 2.75) is 6.92 Å². The normalized spacial score (nSPS) is 10.2. The SMILES string of the molecule is CNc1cc(Nc2ccccc2)nc(NC(=O)c2ccc(C)cc2)n1. The largest absolute Gasteiger partial charge is 0.373 e. The second-order valence-corrected chi connectivity index (χ2v) is 5.52. The van der Waals surface area contributed by atoms with Gasteiger partial charge in [0.05, 0.1) is 0 Å². The third kappa shape index (κ3) is 4.32. The van der Waals surface area contributed by atoms with Crippen molar-refractivity contribution in [1.82, 2.24) is 9.97 Å². The predicted octanol–water partition coefficient (Wildman–Crippen LogP) is 3.82. The predicted molar refractivity (Wildman–Crippen MR) is 100 cm³/mol. The third-order valence-corrected chi connectivity index (χ3v) is 3.57. The minimum absolute atomic E-state index is 0.232. The summed E-state index contributed by atoms with van der Waals surface area (Å²) in [5.41, 5.74) is 2.56. The molecule has 1 amide bonds. The minimum Gasteiger partial charge on any atom is -0.373 e. The van der Waals surface area contributed by atoms with Crippen molar-refractivity contribution in [2.75, 3.05) is 23.0 Å². The van der Waals surface area contributed by atoms with Gasteiger partial charge < -0.3 is 10.6 Å². The second-order valence-electron chi connectivity index (χ2n) is 5.52. The average molecular weight is 333 g/mol. The molecule has 6 nitrogen and oxygen atoms in total. The van der Waals surface area contributed by atoms with E-state index in [0.29, 0.717) is 17.2 Å². The van der Waals surface area contributed by atoms with Gasteiger partial charge in [-0.25, -0.2) is 0 Å². The smallest absolute Gasteiger partial charge is 0.258 e. The van der Waals surface area contributed by atoms with Crippen LogP contribution in [0.4, 0.5) is 23.3 Å². The molecular weight excluding hydrogens is 314 g/mol. The van der Waals surface area contributed by atoms with Gasteiger partial charge in [-0.3, -0.25) is 10.1 Å². The Balaban J connectivity index is 1.82. The van der Waals surface area contributed by atoms with Crippen molar-refractivity contribution in [3.05, 3.63) is 71.8 Å². The minimum atomic E-state index is -0.251. The van der Waals surface area contributed by atoms with Crippen LogP contribution in [0.15, 0.2) is 60.7 Å². The average Bonchev–Trinajstić information content (AvgIpc) is 2.63. The van der Waals surface area contributed by atoms with E-state index in [1.165, 1.54) is 0 Å². The van der Waals surface area contributed by atoms with Crippen LogP contribution >= 0.6 is 0 Å². The number of aryl methyl sites for hydroxylation is 1. The molecule has 0 fully saturated rings. The summed E-state index contributed by atoms with van der Waals surface area (Å²) in [6.45, 7) is 1.97. The molecule has 0 aliphatic carbocycles. The van der Waals surface area contributed by atoms with Gasteiger partial charge in [0, 0.05) is 24.4 Å². The summed E-state index contributed by atoms with van der Waals surface area (Å²) in [5, 5.41) is 8.91. The number of carbonyl (C=O) groups is 1. The molecule has 3 rings (SSSR count). The summed E-state index contributed by atoms with van der Waals surface area (Å²) in [5.74, 6) is 1.17. The van der Waals surface area contributed by atoms with Gasteiger partial charge in [0.1, 0.15) is 11.6 Å². The Labute approximate surface area is 146 Å². The van der Waals surface area contributed by atoms with E-state index in [-0.39, 0.29) is 11.9 Å². The number of carbonyl (C=O) groups excluding carboxylic acids is 1. The topological polar surface area (TPSA) is 78.9 Å². The third-order valence-electron chi connectivity index (χ3n) is 3.57. The fraction of sp³-hybridized carbons (Fsp3) is 0.105. The van der Waals surface area contributed by atoms with E-state index in [1.54, 1.807) is 25.2 Å². The van der Waals surface area contributed by atoms with Gasteiger partial charge in [0.15, 0.2) is 0 Å². The Hall–Kier alpha value is -3.41. The van der Waals surface area contributed by atoms with E-state index in [0.717, 1.165) is 11.3 Å². The molecule has 2 aromatic carbocycles. The van der Waals surface area contributed by atoms with E-state index < -0.39 is 0 Å². The van der Waals surface area contributed by atoms with Crippen molar-refractivity contribution in [1.29, 1.82) is 0 Å². The first-order chi connectivity index (χ1) is 12.1. The Kier molecular flexibility index (Phi) is 4.89. The summed E-state index contributed by atoms with van der Waals surface area (Å²) in [7, 11) is 1.76. The lowest BCUT2D eigenvalue weighted by Gasteiger charge is -2.10. The van der Waals surface area contributed by atoms with Crippen LogP contribution in [0.2, 0.25) is 0 Å². The van der Waals surface area contributed by atoms with E-state index in [1.807, 2.05) is 49.4 Å². The highest BCUT2D eigenvalue weighted by molar-refractivity contribution is 6.03. The van der Waals surface area contributed by atoms with Crippen LogP contribution in [-0.4, -0.2) is 22.9 Å². The zero-order valence-electron chi connectivity index (χ0n) is 14.1. The molecule has 0 bridgehead atoms. The zero-order valence-corrected chi connectivity index (χ0v) is 14.1. The van der Waals surface area contributed by atoms with Crippen LogP contribution in [0.5, 0.6) is 0 Å². The van der Waals surface area contributed by atoms with Crippen LogP contribution in [0.3, 0.4) is 0 Å². The van der Waals surface area contributed by atoms with E-state index in [2.05, 4.69) is 25.9 Å². The highest BCUT2D eigenvalue weighted by Crippen LogP contribution is 2.19. The number of benzene rings is 2. The number of amides is 1. The first-order valence-electron chi connectivity index (χ1n) is 7.91. The van der Waals surface area contributed by atoms with Gasteiger partial charge in [0.25, 0.3) is 5.91 Å². The van der Waals surface area contributed by atoms with E-state index in [9.17, 15) is 4.79 Å². The Morgan fingerprint density at radius 3 is 2.28 bits per heavy atom.